The van der Waals surface area contributed by atoms with Crippen LogP contribution in [0.2, 0.25) is 0 Å². The maximum absolute atomic E-state index is 12.6. The summed E-state index contributed by atoms with van der Waals surface area (Å²) in [6.07, 6.45) is 3.23. The van der Waals surface area contributed by atoms with Crippen molar-refractivity contribution in [2.45, 2.75) is 71.1 Å². The smallest absolute Gasteiger partial charge is 0.312 e. The van der Waals surface area contributed by atoms with E-state index in [0.717, 1.165) is 25.7 Å². The van der Waals surface area contributed by atoms with Gasteiger partial charge in [-0.2, -0.15) is 0 Å². The standard InChI is InChI=1S/C17H26O5/c1-9(2)13-12-6-5-10(3)11-7-8-16(4)20-15(19-14(13)18)17(11,12)22-21-16/h9-13,15H,5-8H2,1-4H3. The van der Waals surface area contributed by atoms with Gasteiger partial charge in [-0.05, 0) is 38.0 Å². The molecule has 7 unspecified atom stereocenters. The summed E-state index contributed by atoms with van der Waals surface area (Å²) in [4.78, 5) is 24.3. The predicted molar refractivity (Wildman–Crippen MR) is 77.2 cm³/mol. The van der Waals surface area contributed by atoms with Crippen LogP contribution in [0, 0.1) is 29.6 Å². The van der Waals surface area contributed by atoms with Gasteiger partial charge >= 0.3 is 5.97 Å². The van der Waals surface area contributed by atoms with Gasteiger partial charge in [0.25, 0.3) is 0 Å². The van der Waals surface area contributed by atoms with Crippen molar-refractivity contribution in [2.75, 3.05) is 0 Å². The van der Waals surface area contributed by atoms with Crippen molar-refractivity contribution in [3.05, 3.63) is 0 Å². The Labute approximate surface area is 131 Å². The lowest BCUT2D eigenvalue weighted by Gasteiger charge is -2.58. The van der Waals surface area contributed by atoms with Crippen molar-refractivity contribution in [3.63, 3.8) is 0 Å². The summed E-state index contributed by atoms with van der Waals surface area (Å²) in [6, 6.07) is 0. The zero-order valence-corrected chi connectivity index (χ0v) is 13.8. The van der Waals surface area contributed by atoms with Gasteiger partial charge in [0.05, 0.1) is 5.92 Å². The van der Waals surface area contributed by atoms with Gasteiger partial charge < -0.3 is 9.47 Å². The van der Waals surface area contributed by atoms with Crippen LogP contribution in [0.15, 0.2) is 0 Å². The van der Waals surface area contributed by atoms with Gasteiger partial charge in [0.2, 0.25) is 12.1 Å². The Bertz CT molecular complexity index is 491. The number of ether oxygens (including phenoxy) is 2. The Morgan fingerprint density at radius 3 is 2.64 bits per heavy atom. The molecule has 1 saturated carbocycles. The second-order valence-corrected chi connectivity index (χ2v) is 8.12. The molecule has 4 heterocycles. The van der Waals surface area contributed by atoms with Crippen molar-refractivity contribution in [1.29, 1.82) is 0 Å². The molecule has 0 aromatic rings. The van der Waals surface area contributed by atoms with Crippen molar-refractivity contribution in [3.8, 4) is 0 Å². The van der Waals surface area contributed by atoms with Crippen molar-refractivity contribution < 1.29 is 24.0 Å². The lowest BCUT2D eigenvalue weighted by molar-refractivity contribution is -0.559. The molecule has 0 radical (unpaired) electrons. The van der Waals surface area contributed by atoms with Crippen molar-refractivity contribution in [1.82, 2.24) is 0 Å². The SMILES string of the molecule is CC(C)C1C(=O)OC2OC3(C)CCC4C(C)CCC1C24OO3. The summed E-state index contributed by atoms with van der Waals surface area (Å²) in [5.41, 5.74) is -0.628. The Kier molecular flexibility index (Phi) is 3.17. The van der Waals surface area contributed by atoms with E-state index in [9.17, 15) is 4.79 Å². The average Bonchev–Trinajstić information content (AvgIpc) is 2.67. The van der Waals surface area contributed by atoms with Gasteiger partial charge in [0.1, 0.15) is 0 Å². The maximum atomic E-state index is 12.6. The van der Waals surface area contributed by atoms with E-state index in [2.05, 4.69) is 20.8 Å². The van der Waals surface area contributed by atoms with Crippen molar-refractivity contribution in [2.24, 2.45) is 29.6 Å². The molecule has 124 valence electrons. The summed E-state index contributed by atoms with van der Waals surface area (Å²) in [6.45, 7) is 8.32. The monoisotopic (exact) mass is 310 g/mol. The highest BCUT2D eigenvalue weighted by Crippen LogP contribution is 2.60. The number of hydrogen-bond donors (Lipinski definition) is 0. The molecule has 5 fully saturated rings. The molecule has 5 heteroatoms. The Balaban J connectivity index is 1.83. The minimum absolute atomic E-state index is 0.114. The summed E-state index contributed by atoms with van der Waals surface area (Å²) < 4.78 is 11.8. The highest BCUT2D eigenvalue weighted by Gasteiger charge is 2.70. The van der Waals surface area contributed by atoms with Crippen LogP contribution in [0.4, 0.5) is 0 Å². The molecular formula is C17H26O5. The molecule has 5 rings (SSSR count). The van der Waals surface area contributed by atoms with Crippen LogP contribution >= 0.6 is 0 Å². The molecule has 22 heavy (non-hydrogen) atoms. The lowest BCUT2D eigenvalue weighted by atomic mass is 9.56. The van der Waals surface area contributed by atoms with Gasteiger partial charge in [0.15, 0.2) is 5.60 Å². The molecule has 4 aliphatic heterocycles. The largest absolute Gasteiger partial charge is 0.432 e. The molecule has 1 spiro atoms. The van der Waals surface area contributed by atoms with E-state index in [1.54, 1.807) is 0 Å². The highest BCUT2D eigenvalue weighted by molar-refractivity contribution is 5.74. The summed E-state index contributed by atoms with van der Waals surface area (Å²) in [5, 5.41) is 0. The Hall–Kier alpha value is -0.650. The fourth-order valence-corrected chi connectivity index (χ4v) is 5.29. The quantitative estimate of drug-likeness (QED) is 0.550. The average molecular weight is 310 g/mol. The fraction of sp³-hybridized carbons (Fsp3) is 0.941. The number of carbonyl (C=O) groups is 1. The summed E-state index contributed by atoms with van der Waals surface area (Å²) >= 11 is 0. The molecule has 0 amide bonds. The number of carbonyl (C=O) groups excluding carboxylic acids is 1. The predicted octanol–water partition coefficient (Wildman–Crippen LogP) is 3.03. The maximum Gasteiger partial charge on any atom is 0.312 e. The van der Waals surface area contributed by atoms with Crippen LogP contribution in [-0.2, 0) is 24.0 Å². The second kappa shape index (κ2) is 4.68. The Morgan fingerprint density at radius 1 is 1.14 bits per heavy atom. The van der Waals surface area contributed by atoms with Crippen LogP contribution < -0.4 is 0 Å². The van der Waals surface area contributed by atoms with Gasteiger partial charge in [-0.25, -0.2) is 9.78 Å². The van der Waals surface area contributed by atoms with Crippen molar-refractivity contribution >= 4 is 5.97 Å². The lowest BCUT2D eigenvalue weighted by Crippen LogP contribution is -2.70. The van der Waals surface area contributed by atoms with Gasteiger partial charge in [0, 0.05) is 18.3 Å². The molecular weight excluding hydrogens is 284 g/mol. The van der Waals surface area contributed by atoms with E-state index >= 15 is 0 Å². The Morgan fingerprint density at radius 2 is 1.91 bits per heavy atom. The molecule has 0 aromatic carbocycles. The van der Waals surface area contributed by atoms with Crippen LogP contribution in [0.5, 0.6) is 0 Å². The first-order valence-electron chi connectivity index (χ1n) is 8.62. The van der Waals surface area contributed by atoms with E-state index in [0.29, 0.717) is 11.8 Å². The third-order valence-electron chi connectivity index (χ3n) is 6.42. The van der Waals surface area contributed by atoms with Gasteiger partial charge in [-0.1, -0.05) is 20.8 Å². The molecule has 7 atom stereocenters. The molecule has 5 nitrogen and oxygen atoms in total. The summed E-state index contributed by atoms with van der Waals surface area (Å²) in [7, 11) is 0. The minimum Gasteiger partial charge on any atom is -0.432 e. The molecule has 2 bridgehead atoms. The molecule has 5 aliphatic rings. The van der Waals surface area contributed by atoms with Crippen LogP contribution in [-0.4, -0.2) is 23.6 Å². The van der Waals surface area contributed by atoms with Gasteiger partial charge in [-0.3, -0.25) is 4.79 Å². The molecule has 4 saturated heterocycles. The third-order valence-corrected chi connectivity index (χ3v) is 6.42. The first-order valence-corrected chi connectivity index (χ1v) is 8.62. The zero-order valence-electron chi connectivity index (χ0n) is 13.8. The van der Waals surface area contributed by atoms with Gasteiger partial charge in [-0.15, -0.1) is 0 Å². The van der Waals surface area contributed by atoms with Crippen LogP contribution in [0.1, 0.15) is 53.4 Å². The van der Waals surface area contributed by atoms with E-state index in [1.165, 1.54) is 0 Å². The second-order valence-electron chi connectivity index (χ2n) is 8.12. The van der Waals surface area contributed by atoms with Crippen LogP contribution in [0.25, 0.3) is 0 Å². The molecule has 0 aromatic heterocycles. The number of fused-ring (bicyclic) bond motifs is 2. The number of rotatable bonds is 1. The number of esters is 1. The molecule has 1 aliphatic carbocycles. The first-order chi connectivity index (χ1) is 10.4. The first kappa shape index (κ1) is 14.9. The summed E-state index contributed by atoms with van der Waals surface area (Å²) in [5.74, 6) is 0.0998. The van der Waals surface area contributed by atoms with E-state index < -0.39 is 17.7 Å². The topological polar surface area (TPSA) is 54.0 Å². The van der Waals surface area contributed by atoms with Crippen LogP contribution in [0.3, 0.4) is 0 Å². The third kappa shape index (κ3) is 1.79. The number of hydrogen-bond acceptors (Lipinski definition) is 5. The van der Waals surface area contributed by atoms with E-state index in [-0.39, 0.29) is 23.7 Å². The van der Waals surface area contributed by atoms with E-state index in [1.807, 2.05) is 6.92 Å². The fourth-order valence-electron chi connectivity index (χ4n) is 5.29. The minimum atomic E-state index is -0.803. The highest BCUT2D eigenvalue weighted by atomic mass is 17.3. The zero-order chi connectivity index (χ0) is 15.7. The molecule has 0 N–H and O–H groups in total. The van der Waals surface area contributed by atoms with E-state index in [4.69, 9.17) is 19.2 Å². The normalized spacial score (nSPS) is 53.9.